The van der Waals surface area contributed by atoms with Gasteiger partial charge in [-0.2, -0.15) is 0 Å². The van der Waals surface area contributed by atoms with Crippen molar-refractivity contribution in [3.8, 4) is 0 Å². The molecule has 1 aromatic carbocycles. The van der Waals surface area contributed by atoms with E-state index in [0.717, 1.165) is 0 Å². The SMILES string of the molecule is O=C(Nc1ccc(Cl)c(Cl)c1)NC1CCC(C(=O)O)CC1. The number of amides is 2. The van der Waals surface area contributed by atoms with Crippen LogP contribution >= 0.6 is 23.2 Å². The van der Waals surface area contributed by atoms with Crippen LogP contribution in [0.1, 0.15) is 25.7 Å². The fourth-order valence-electron chi connectivity index (χ4n) is 2.41. The number of urea groups is 1. The summed E-state index contributed by atoms with van der Waals surface area (Å²) in [5.41, 5.74) is 0.557. The van der Waals surface area contributed by atoms with E-state index in [9.17, 15) is 9.59 Å². The summed E-state index contributed by atoms with van der Waals surface area (Å²) in [7, 11) is 0. The maximum absolute atomic E-state index is 11.9. The van der Waals surface area contributed by atoms with Crippen molar-refractivity contribution in [2.45, 2.75) is 31.7 Å². The lowest BCUT2D eigenvalue weighted by Crippen LogP contribution is -2.40. The number of anilines is 1. The summed E-state index contributed by atoms with van der Waals surface area (Å²) in [5.74, 6) is -1.05. The minimum absolute atomic E-state index is 0.00312. The first-order chi connectivity index (χ1) is 9.95. The number of nitrogens with one attached hydrogen (secondary N) is 2. The Bertz CT molecular complexity index is 543. The molecule has 0 saturated heterocycles. The van der Waals surface area contributed by atoms with Gasteiger partial charge in [0, 0.05) is 11.7 Å². The smallest absolute Gasteiger partial charge is 0.319 e. The number of aliphatic carboxylic acids is 1. The summed E-state index contributed by atoms with van der Waals surface area (Å²) >= 11 is 11.7. The van der Waals surface area contributed by atoms with Gasteiger partial charge < -0.3 is 15.7 Å². The summed E-state index contributed by atoms with van der Waals surface area (Å²) in [6, 6.07) is 4.52. The molecule has 0 bridgehead atoms. The fraction of sp³-hybridized carbons (Fsp3) is 0.429. The number of hydrogen-bond acceptors (Lipinski definition) is 2. The second kappa shape index (κ2) is 7.00. The van der Waals surface area contributed by atoms with Gasteiger partial charge in [-0.05, 0) is 43.9 Å². The van der Waals surface area contributed by atoms with Gasteiger partial charge in [-0.25, -0.2) is 4.79 Å². The van der Waals surface area contributed by atoms with Crippen molar-refractivity contribution < 1.29 is 14.7 Å². The zero-order valence-electron chi connectivity index (χ0n) is 11.2. The maximum atomic E-state index is 11.9. The molecule has 7 heteroatoms. The normalized spacial score (nSPS) is 21.6. The number of halogens is 2. The Morgan fingerprint density at radius 2 is 1.76 bits per heavy atom. The van der Waals surface area contributed by atoms with Crippen molar-refractivity contribution >= 4 is 40.9 Å². The number of rotatable bonds is 3. The van der Waals surface area contributed by atoms with Crippen LogP contribution in [0.3, 0.4) is 0 Å². The summed E-state index contributed by atoms with van der Waals surface area (Å²) in [6.45, 7) is 0. The number of carbonyl (C=O) groups is 2. The molecule has 1 fully saturated rings. The molecule has 0 atom stereocenters. The van der Waals surface area contributed by atoms with Crippen LogP contribution in [0.2, 0.25) is 10.0 Å². The molecule has 0 radical (unpaired) electrons. The third-order valence-electron chi connectivity index (χ3n) is 3.59. The topological polar surface area (TPSA) is 78.4 Å². The van der Waals surface area contributed by atoms with Crippen LogP contribution < -0.4 is 10.6 Å². The molecule has 5 nitrogen and oxygen atoms in total. The van der Waals surface area contributed by atoms with Crippen LogP contribution in [0.4, 0.5) is 10.5 Å². The molecular formula is C14H16Cl2N2O3. The molecule has 1 saturated carbocycles. The Hall–Kier alpha value is -1.46. The monoisotopic (exact) mass is 330 g/mol. The minimum Gasteiger partial charge on any atom is -0.481 e. The quantitative estimate of drug-likeness (QED) is 0.789. The minimum atomic E-state index is -0.756. The van der Waals surface area contributed by atoms with Gasteiger partial charge in [0.15, 0.2) is 0 Å². The summed E-state index contributed by atoms with van der Waals surface area (Å²) in [4.78, 5) is 22.7. The van der Waals surface area contributed by atoms with Crippen LogP contribution in [-0.2, 0) is 4.79 Å². The van der Waals surface area contributed by atoms with Crippen molar-refractivity contribution in [1.82, 2.24) is 5.32 Å². The Morgan fingerprint density at radius 3 is 2.33 bits per heavy atom. The summed E-state index contributed by atoms with van der Waals surface area (Å²) in [6.07, 6.45) is 2.53. The highest BCUT2D eigenvalue weighted by Crippen LogP contribution is 2.26. The zero-order valence-corrected chi connectivity index (χ0v) is 12.7. The Balaban J connectivity index is 1.82. The van der Waals surface area contributed by atoms with E-state index in [1.165, 1.54) is 0 Å². The molecule has 3 N–H and O–H groups in total. The second-order valence-corrected chi connectivity index (χ2v) is 5.93. The van der Waals surface area contributed by atoms with Gasteiger partial charge in [0.1, 0.15) is 0 Å². The Morgan fingerprint density at radius 1 is 1.10 bits per heavy atom. The van der Waals surface area contributed by atoms with Gasteiger partial charge in [0.2, 0.25) is 0 Å². The predicted molar refractivity (Wildman–Crippen MR) is 82.0 cm³/mol. The third-order valence-corrected chi connectivity index (χ3v) is 4.33. The maximum Gasteiger partial charge on any atom is 0.319 e. The number of carboxylic acid groups (broad SMARTS) is 1. The van der Waals surface area contributed by atoms with Gasteiger partial charge >= 0.3 is 12.0 Å². The molecule has 2 rings (SSSR count). The largest absolute Gasteiger partial charge is 0.481 e. The van der Waals surface area contributed by atoms with E-state index in [-0.39, 0.29) is 18.0 Å². The van der Waals surface area contributed by atoms with Crippen LogP contribution in [0.25, 0.3) is 0 Å². The number of carbonyl (C=O) groups excluding carboxylic acids is 1. The molecule has 21 heavy (non-hydrogen) atoms. The molecule has 1 aliphatic rings. The highest BCUT2D eigenvalue weighted by molar-refractivity contribution is 6.42. The van der Waals surface area contributed by atoms with E-state index in [1.54, 1.807) is 18.2 Å². The van der Waals surface area contributed by atoms with Crippen molar-refractivity contribution in [2.75, 3.05) is 5.32 Å². The molecule has 0 heterocycles. The van der Waals surface area contributed by atoms with E-state index in [1.807, 2.05) is 0 Å². The average molecular weight is 331 g/mol. The highest BCUT2D eigenvalue weighted by atomic mass is 35.5. The van der Waals surface area contributed by atoms with Gasteiger partial charge in [-0.1, -0.05) is 23.2 Å². The first-order valence-electron chi connectivity index (χ1n) is 6.71. The number of hydrogen-bond donors (Lipinski definition) is 3. The number of benzene rings is 1. The van der Waals surface area contributed by atoms with E-state index in [4.69, 9.17) is 28.3 Å². The van der Waals surface area contributed by atoms with Crippen molar-refractivity contribution in [3.05, 3.63) is 28.2 Å². The van der Waals surface area contributed by atoms with Crippen molar-refractivity contribution in [2.24, 2.45) is 5.92 Å². The summed E-state index contributed by atoms with van der Waals surface area (Å²) in [5, 5.41) is 15.2. The van der Waals surface area contributed by atoms with Gasteiger partial charge in [0.05, 0.1) is 16.0 Å². The van der Waals surface area contributed by atoms with Crippen LogP contribution in [0.15, 0.2) is 18.2 Å². The van der Waals surface area contributed by atoms with Gasteiger partial charge in [0.25, 0.3) is 0 Å². The molecule has 2 amide bonds. The van der Waals surface area contributed by atoms with Crippen LogP contribution in [0, 0.1) is 5.92 Å². The number of carboxylic acids is 1. The molecule has 0 aromatic heterocycles. The molecule has 1 aliphatic carbocycles. The molecule has 1 aromatic rings. The molecular weight excluding hydrogens is 315 g/mol. The standard InChI is InChI=1S/C14H16Cl2N2O3/c15-11-6-5-10(7-12(11)16)18-14(21)17-9-3-1-8(2-4-9)13(19)20/h5-9H,1-4H2,(H,19,20)(H2,17,18,21). The van der Waals surface area contributed by atoms with E-state index < -0.39 is 5.97 Å². The van der Waals surface area contributed by atoms with E-state index in [0.29, 0.717) is 41.4 Å². The third kappa shape index (κ3) is 4.51. The van der Waals surface area contributed by atoms with Crippen LogP contribution in [0.5, 0.6) is 0 Å². The highest BCUT2D eigenvalue weighted by Gasteiger charge is 2.26. The van der Waals surface area contributed by atoms with Gasteiger partial charge in [-0.3, -0.25) is 4.79 Å². The molecule has 0 aliphatic heterocycles. The lowest BCUT2D eigenvalue weighted by Gasteiger charge is -2.26. The molecule has 0 spiro atoms. The Kier molecular flexibility index (Phi) is 5.31. The zero-order chi connectivity index (χ0) is 15.4. The van der Waals surface area contributed by atoms with Crippen molar-refractivity contribution in [1.29, 1.82) is 0 Å². The van der Waals surface area contributed by atoms with Crippen molar-refractivity contribution in [3.63, 3.8) is 0 Å². The Labute approximate surface area is 132 Å². The lowest BCUT2D eigenvalue weighted by molar-refractivity contribution is -0.142. The second-order valence-electron chi connectivity index (χ2n) is 5.11. The first-order valence-corrected chi connectivity index (χ1v) is 7.46. The molecule has 0 unspecified atom stereocenters. The van der Waals surface area contributed by atoms with Gasteiger partial charge in [-0.15, -0.1) is 0 Å². The van der Waals surface area contributed by atoms with E-state index in [2.05, 4.69) is 10.6 Å². The average Bonchev–Trinajstić information content (AvgIpc) is 2.43. The summed E-state index contributed by atoms with van der Waals surface area (Å²) < 4.78 is 0. The molecule has 114 valence electrons. The van der Waals surface area contributed by atoms with Crippen LogP contribution in [-0.4, -0.2) is 23.1 Å². The predicted octanol–water partition coefficient (Wildman–Crippen LogP) is 3.76. The lowest BCUT2D eigenvalue weighted by atomic mass is 9.86. The first kappa shape index (κ1) is 15.9. The van der Waals surface area contributed by atoms with E-state index >= 15 is 0 Å². The fourth-order valence-corrected chi connectivity index (χ4v) is 2.71.